The van der Waals surface area contributed by atoms with Crippen molar-refractivity contribution in [2.45, 2.75) is 26.4 Å². The number of hydrogen-bond acceptors (Lipinski definition) is 2. The Morgan fingerprint density at radius 2 is 2.06 bits per heavy atom. The van der Waals surface area contributed by atoms with Gasteiger partial charge < -0.3 is 5.11 Å². The van der Waals surface area contributed by atoms with Crippen molar-refractivity contribution in [1.29, 1.82) is 0 Å². The third kappa shape index (κ3) is 2.89. The Morgan fingerprint density at radius 3 is 2.78 bits per heavy atom. The summed E-state index contributed by atoms with van der Waals surface area (Å²) < 4.78 is 0. The normalized spacial score (nSPS) is 12.4. The van der Waals surface area contributed by atoms with Crippen molar-refractivity contribution in [3.05, 3.63) is 63.9 Å². The standard InChI is InChI=1S/C15H16ClNO/c1-10-3-4-11(2)13(7-10)15(18)8-12-5-6-17-9-14(12)16/h3-7,9,15,18H,8H2,1-2H3. The number of aliphatic hydroxyl groups excluding tert-OH is 1. The number of hydrogen-bond donors (Lipinski definition) is 1. The van der Waals surface area contributed by atoms with Crippen LogP contribution in [0.1, 0.15) is 28.4 Å². The number of aliphatic hydroxyl groups is 1. The summed E-state index contributed by atoms with van der Waals surface area (Å²) >= 11 is 6.05. The molecule has 1 heterocycles. The molecule has 3 heteroatoms. The van der Waals surface area contributed by atoms with E-state index in [4.69, 9.17) is 11.6 Å². The summed E-state index contributed by atoms with van der Waals surface area (Å²) in [6, 6.07) is 7.94. The fourth-order valence-electron chi connectivity index (χ4n) is 2.01. The molecule has 1 N–H and O–H groups in total. The highest BCUT2D eigenvalue weighted by Gasteiger charge is 2.13. The summed E-state index contributed by atoms with van der Waals surface area (Å²) in [4.78, 5) is 3.94. The molecular formula is C15H16ClNO. The van der Waals surface area contributed by atoms with Crippen LogP contribution in [-0.4, -0.2) is 10.1 Å². The molecule has 0 saturated carbocycles. The van der Waals surface area contributed by atoms with E-state index in [0.717, 1.165) is 22.3 Å². The van der Waals surface area contributed by atoms with Crippen LogP contribution in [0.25, 0.3) is 0 Å². The average Bonchev–Trinajstić information content (AvgIpc) is 2.35. The minimum absolute atomic E-state index is 0.506. The average molecular weight is 262 g/mol. The van der Waals surface area contributed by atoms with Gasteiger partial charge in [0.05, 0.1) is 11.1 Å². The highest BCUT2D eigenvalue weighted by Crippen LogP contribution is 2.25. The fourth-order valence-corrected chi connectivity index (χ4v) is 2.20. The molecule has 0 spiro atoms. The molecule has 1 aromatic heterocycles. The number of benzene rings is 1. The van der Waals surface area contributed by atoms with E-state index in [0.29, 0.717) is 11.4 Å². The van der Waals surface area contributed by atoms with Gasteiger partial charge in [0.25, 0.3) is 0 Å². The van der Waals surface area contributed by atoms with Crippen molar-refractivity contribution in [3.63, 3.8) is 0 Å². The fraction of sp³-hybridized carbons (Fsp3) is 0.267. The van der Waals surface area contributed by atoms with Crippen molar-refractivity contribution >= 4 is 11.6 Å². The maximum Gasteiger partial charge on any atom is 0.0833 e. The van der Waals surface area contributed by atoms with Crippen molar-refractivity contribution in [1.82, 2.24) is 4.98 Å². The first kappa shape index (κ1) is 13.1. The first-order valence-electron chi connectivity index (χ1n) is 5.91. The van der Waals surface area contributed by atoms with Gasteiger partial charge in [-0.25, -0.2) is 0 Å². The van der Waals surface area contributed by atoms with E-state index in [1.165, 1.54) is 0 Å². The van der Waals surface area contributed by atoms with Gasteiger partial charge >= 0.3 is 0 Å². The van der Waals surface area contributed by atoms with E-state index in [1.807, 2.05) is 38.1 Å². The highest BCUT2D eigenvalue weighted by atomic mass is 35.5. The largest absolute Gasteiger partial charge is 0.388 e. The highest BCUT2D eigenvalue weighted by molar-refractivity contribution is 6.31. The zero-order valence-corrected chi connectivity index (χ0v) is 11.3. The van der Waals surface area contributed by atoms with E-state index in [2.05, 4.69) is 4.98 Å². The first-order chi connectivity index (χ1) is 8.58. The number of aromatic nitrogens is 1. The van der Waals surface area contributed by atoms with Gasteiger partial charge in [-0.2, -0.15) is 0 Å². The van der Waals surface area contributed by atoms with Crippen LogP contribution in [0.5, 0.6) is 0 Å². The zero-order chi connectivity index (χ0) is 13.1. The van der Waals surface area contributed by atoms with E-state index < -0.39 is 6.10 Å². The molecule has 0 amide bonds. The summed E-state index contributed by atoms with van der Waals surface area (Å²) in [6.07, 6.45) is 3.26. The molecule has 1 atom stereocenters. The van der Waals surface area contributed by atoms with Gasteiger partial charge in [0.1, 0.15) is 0 Å². The lowest BCUT2D eigenvalue weighted by Gasteiger charge is -2.15. The third-order valence-electron chi connectivity index (χ3n) is 3.06. The van der Waals surface area contributed by atoms with Crippen molar-refractivity contribution in [2.24, 2.45) is 0 Å². The second kappa shape index (κ2) is 5.51. The molecule has 2 rings (SSSR count). The lowest BCUT2D eigenvalue weighted by Crippen LogP contribution is -2.05. The number of nitrogens with zero attached hydrogens (tertiary/aromatic N) is 1. The summed E-state index contributed by atoms with van der Waals surface area (Å²) in [5.41, 5.74) is 4.12. The van der Waals surface area contributed by atoms with Crippen LogP contribution in [0.3, 0.4) is 0 Å². The van der Waals surface area contributed by atoms with Crippen LogP contribution in [0, 0.1) is 13.8 Å². The number of pyridine rings is 1. The van der Waals surface area contributed by atoms with Gasteiger partial charge in [0.2, 0.25) is 0 Å². The Labute approximate surface area is 112 Å². The Morgan fingerprint density at radius 1 is 1.28 bits per heavy atom. The molecule has 94 valence electrons. The van der Waals surface area contributed by atoms with Gasteiger partial charge in [0, 0.05) is 18.8 Å². The summed E-state index contributed by atoms with van der Waals surface area (Å²) in [5.74, 6) is 0. The first-order valence-corrected chi connectivity index (χ1v) is 6.29. The summed E-state index contributed by atoms with van der Waals surface area (Å²) in [5, 5.41) is 10.9. The maximum atomic E-state index is 10.3. The maximum absolute atomic E-state index is 10.3. The molecule has 0 bridgehead atoms. The van der Waals surface area contributed by atoms with Crippen molar-refractivity contribution in [3.8, 4) is 0 Å². The predicted molar refractivity (Wildman–Crippen MR) is 73.8 cm³/mol. The zero-order valence-electron chi connectivity index (χ0n) is 10.5. The number of rotatable bonds is 3. The van der Waals surface area contributed by atoms with E-state index >= 15 is 0 Å². The van der Waals surface area contributed by atoms with Gasteiger partial charge in [-0.3, -0.25) is 4.98 Å². The number of aryl methyl sites for hydroxylation is 2. The molecule has 1 unspecified atom stereocenters. The van der Waals surface area contributed by atoms with Crippen molar-refractivity contribution < 1.29 is 5.11 Å². The third-order valence-corrected chi connectivity index (χ3v) is 3.40. The second-order valence-corrected chi connectivity index (χ2v) is 4.95. The Kier molecular flexibility index (Phi) is 4.00. The Bertz CT molecular complexity index is 554. The Balaban J connectivity index is 2.25. The van der Waals surface area contributed by atoms with Gasteiger partial charge in [0.15, 0.2) is 0 Å². The summed E-state index contributed by atoms with van der Waals surface area (Å²) in [7, 11) is 0. The predicted octanol–water partition coefficient (Wildman–Crippen LogP) is 3.63. The van der Waals surface area contributed by atoms with E-state index in [9.17, 15) is 5.11 Å². The van der Waals surface area contributed by atoms with Crippen LogP contribution in [0.4, 0.5) is 0 Å². The molecule has 18 heavy (non-hydrogen) atoms. The lowest BCUT2D eigenvalue weighted by molar-refractivity contribution is 0.177. The van der Waals surface area contributed by atoms with E-state index in [-0.39, 0.29) is 0 Å². The topological polar surface area (TPSA) is 33.1 Å². The number of halogens is 1. The van der Waals surface area contributed by atoms with Crippen LogP contribution in [0.15, 0.2) is 36.7 Å². The molecular weight excluding hydrogens is 246 g/mol. The minimum atomic E-state index is -0.537. The Hall–Kier alpha value is -1.38. The van der Waals surface area contributed by atoms with Gasteiger partial charge in [-0.1, -0.05) is 35.4 Å². The smallest absolute Gasteiger partial charge is 0.0833 e. The van der Waals surface area contributed by atoms with E-state index in [1.54, 1.807) is 12.4 Å². The van der Waals surface area contributed by atoms with Gasteiger partial charge in [-0.05, 0) is 36.6 Å². The molecule has 0 aliphatic carbocycles. The molecule has 0 fully saturated rings. The van der Waals surface area contributed by atoms with Gasteiger partial charge in [-0.15, -0.1) is 0 Å². The van der Waals surface area contributed by atoms with Crippen LogP contribution >= 0.6 is 11.6 Å². The molecule has 0 aliphatic rings. The SMILES string of the molecule is Cc1ccc(C)c(C(O)Cc2ccncc2Cl)c1. The summed E-state index contributed by atoms with van der Waals surface area (Å²) in [6.45, 7) is 4.03. The van der Waals surface area contributed by atoms with Crippen molar-refractivity contribution in [2.75, 3.05) is 0 Å². The molecule has 1 aromatic carbocycles. The molecule has 2 aromatic rings. The minimum Gasteiger partial charge on any atom is -0.388 e. The molecule has 0 radical (unpaired) electrons. The second-order valence-electron chi connectivity index (χ2n) is 4.55. The monoisotopic (exact) mass is 261 g/mol. The molecule has 0 aliphatic heterocycles. The molecule has 0 saturated heterocycles. The lowest BCUT2D eigenvalue weighted by atomic mass is 9.96. The molecule has 2 nitrogen and oxygen atoms in total. The van der Waals surface area contributed by atoms with Crippen LogP contribution in [0.2, 0.25) is 5.02 Å². The van der Waals surface area contributed by atoms with Crippen LogP contribution < -0.4 is 0 Å². The quantitative estimate of drug-likeness (QED) is 0.915. The van der Waals surface area contributed by atoms with Crippen LogP contribution in [-0.2, 0) is 6.42 Å².